The summed E-state index contributed by atoms with van der Waals surface area (Å²) >= 11 is 0. The predicted molar refractivity (Wildman–Crippen MR) is 154 cm³/mol. The fourth-order valence-corrected chi connectivity index (χ4v) is 9.79. The van der Waals surface area contributed by atoms with Crippen molar-refractivity contribution in [1.29, 1.82) is 0 Å². The maximum atomic E-state index is 12.7. The normalized spacial score (nSPS) is 12.6. The zero-order valence-corrected chi connectivity index (χ0v) is 24.1. The van der Waals surface area contributed by atoms with E-state index in [0.29, 0.717) is 5.76 Å². The first-order valence-corrected chi connectivity index (χ1v) is 15.1. The molecular formula is C32H35NO5Si. The van der Waals surface area contributed by atoms with Gasteiger partial charge in [-0.1, -0.05) is 117 Å². The van der Waals surface area contributed by atoms with Gasteiger partial charge in [-0.25, -0.2) is 4.79 Å². The number of esters is 1. The Morgan fingerprint density at radius 3 is 1.85 bits per heavy atom. The Morgan fingerprint density at radius 1 is 0.872 bits per heavy atom. The third-order valence-electron chi connectivity index (χ3n) is 6.86. The van der Waals surface area contributed by atoms with E-state index >= 15 is 0 Å². The van der Waals surface area contributed by atoms with Crippen LogP contribution in [0.25, 0.3) is 0 Å². The highest BCUT2D eigenvalue weighted by molar-refractivity contribution is 6.99. The minimum absolute atomic E-state index is 0.100. The van der Waals surface area contributed by atoms with E-state index in [1.165, 1.54) is 6.92 Å². The minimum Gasteiger partial charge on any atom is -0.461 e. The van der Waals surface area contributed by atoms with Crippen LogP contribution in [0.3, 0.4) is 0 Å². The highest BCUT2D eigenvalue weighted by Crippen LogP contribution is 2.41. The minimum atomic E-state index is -2.96. The molecule has 0 amide bonds. The first-order valence-electron chi connectivity index (χ1n) is 13.2. The van der Waals surface area contributed by atoms with Crippen molar-refractivity contribution in [3.63, 3.8) is 0 Å². The highest BCUT2D eigenvalue weighted by Gasteiger charge is 2.51. The molecule has 0 aliphatic carbocycles. The van der Waals surface area contributed by atoms with E-state index in [1.807, 2.05) is 66.7 Å². The smallest absolute Gasteiger partial charge is 0.361 e. The van der Waals surface area contributed by atoms with Gasteiger partial charge < -0.3 is 13.7 Å². The van der Waals surface area contributed by atoms with Gasteiger partial charge in [-0.05, 0) is 34.8 Å². The third kappa shape index (κ3) is 5.79. The van der Waals surface area contributed by atoms with Gasteiger partial charge in [0.2, 0.25) is 5.69 Å². The van der Waals surface area contributed by atoms with Crippen molar-refractivity contribution >= 4 is 30.4 Å². The molecule has 0 saturated carbocycles. The van der Waals surface area contributed by atoms with Crippen molar-refractivity contribution in [2.24, 2.45) is 0 Å². The van der Waals surface area contributed by atoms with Crippen LogP contribution in [0.5, 0.6) is 0 Å². The summed E-state index contributed by atoms with van der Waals surface area (Å²) in [7, 11) is -2.96. The number of carbonyl (C=O) groups is 2. The molecule has 0 N–H and O–H groups in total. The molecule has 1 heterocycles. The van der Waals surface area contributed by atoms with Crippen LogP contribution in [0.4, 0.5) is 0 Å². The molecule has 0 bridgehead atoms. The zero-order valence-electron chi connectivity index (χ0n) is 23.1. The number of aromatic nitrogens is 1. The summed E-state index contributed by atoms with van der Waals surface area (Å²) in [4.78, 5) is 25.3. The lowest BCUT2D eigenvalue weighted by molar-refractivity contribution is 0.0511. The summed E-state index contributed by atoms with van der Waals surface area (Å²) in [6, 6.07) is 30.7. The fourth-order valence-electron chi connectivity index (χ4n) is 5.13. The van der Waals surface area contributed by atoms with Gasteiger partial charge in [0.05, 0.1) is 18.3 Å². The summed E-state index contributed by atoms with van der Waals surface area (Å²) in [5.74, 6) is -0.689. The van der Waals surface area contributed by atoms with Crippen LogP contribution < -0.4 is 10.4 Å². The van der Waals surface area contributed by atoms with E-state index in [0.717, 1.165) is 15.9 Å². The Morgan fingerprint density at radius 2 is 1.38 bits per heavy atom. The molecule has 39 heavy (non-hydrogen) atoms. The monoisotopic (exact) mass is 541 g/mol. The van der Waals surface area contributed by atoms with Crippen molar-refractivity contribution in [1.82, 2.24) is 5.16 Å². The van der Waals surface area contributed by atoms with Gasteiger partial charge in [0.15, 0.2) is 11.5 Å². The highest BCUT2D eigenvalue weighted by atomic mass is 28.4. The molecule has 0 aliphatic heterocycles. The molecule has 0 radical (unpaired) electrons. The summed E-state index contributed by atoms with van der Waals surface area (Å²) in [6.45, 7) is 9.93. The Labute approximate surface area is 231 Å². The number of hydrogen-bond donors (Lipinski definition) is 0. The van der Waals surface area contributed by atoms with E-state index in [1.54, 1.807) is 6.92 Å². The Balaban J connectivity index is 1.90. The lowest BCUT2D eigenvalue weighted by Gasteiger charge is -2.45. The topological polar surface area (TPSA) is 78.6 Å². The van der Waals surface area contributed by atoms with Gasteiger partial charge in [0.25, 0.3) is 8.32 Å². The zero-order chi connectivity index (χ0) is 28.0. The van der Waals surface area contributed by atoms with Crippen molar-refractivity contribution < 1.29 is 23.3 Å². The van der Waals surface area contributed by atoms with Gasteiger partial charge in [-0.3, -0.25) is 4.79 Å². The Hall–Kier alpha value is -3.81. The van der Waals surface area contributed by atoms with Gasteiger partial charge in [-0.2, -0.15) is 0 Å². The van der Waals surface area contributed by atoms with Crippen molar-refractivity contribution in [2.45, 2.75) is 52.2 Å². The van der Waals surface area contributed by atoms with Crippen LogP contribution in [-0.2, 0) is 15.6 Å². The predicted octanol–water partition coefficient (Wildman–Crippen LogP) is 5.91. The molecule has 0 saturated heterocycles. The SMILES string of the molecule is CCOC(=O)c1noc(C[C@H](O[Si](c2ccccc2)(c2ccccc2)C(C)(C)C)c2ccccc2)c1C(C)=O. The molecule has 1 atom stereocenters. The van der Waals surface area contributed by atoms with Crippen LogP contribution in [0.1, 0.15) is 72.9 Å². The maximum Gasteiger partial charge on any atom is 0.361 e. The molecule has 0 aliphatic rings. The second-order valence-corrected chi connectivity index (χ2v) is 14.7. The first-order chi connectivity index (χ1) is 18.7. The molecule has 4 rings (SSSR count). The molecule has 0 unspecified atom stereocenters. The fraction of sp³-hybridized carbons (Fsp3) is 0.281. The van der Waals surface area contributed by atoms with E-state index in [9.17, 15) is 9.59 Å². The molecule has 1 aromatic heterocycles. The maximum absolute atomic E-state index is 12.7. The molecule has 6 nitrogen and oxygen atoms in total. The number of benzene rings is 3. The van der Waals surface area contributed by atoms with Crippen molar-refractivity contribution in [3.05, 3.63) is 114 Å². The first kappa shape index (κ1) is 28.2. The second-order valence-electron chi connectivity index (χ2n) is 10.5. The number of Topliss-reactive ketones (excluding diaryl/α,β-unsaturated/α-hetero) is 1. The van der Waals surface area contributed by atoms with Crippen LogP contribution in [0, 0.1) is 0 Å². The van der Waals surface area contributed by atoms with Crippen LogP contribution >= 0.6 is 0 Å². The number of hydrogen-bond acceptors (Lipinski definition) is 6. The van der Waals surface area contributed by atoms with Crippen LogP contribution in [0.2, 0.25) is 5.04 Å². The number of rotatable bonds is 10. The second kappa shape index (κ2) is 11.9. The average Bonchev–Trinajstić information content (AvgIpc) is 3.36. The number of ketones is 1. The summed E-state index contributed by atoms with van der Waals surface area (Å²) < 4.78 is 18.2. The van der Waals surface area contributed by atoms with Crippen molar-refractivity contribution in [3.8, 4) is 0 Å². The van der Waals surface area contributed by atoms with E-state index in [4.69, 9.17) is 13.7 Å². The molecule has 7 heteroatoms. The lowest BCUT2D eigenvalue weighted by atomic mass is 10.0. The van der Waals surface area contributed by atoms with E-state index < -0.39 is 20.4 Å². The van der Waals surface area contributed by atoms with Gasteiger partial charge in [0, 0.05) is 6.42 Å². The molecule has 202 valence electrons. The lowest BCUT2D eigenvalue weighted by Crippen LogP contribution is -2.67. The standard InChI is InChI=1S/C32H35NO5Si/c1-6-36-31(35)30-29(23(2)34)28(37-33-30)22-27(24-16-10-7-11-17-24)38-39(32(3,4)5,25-18-12-8-13-19-25)26-20-14-9-15-21-26/h7-21,27H,6,22H2,1-5H3/t27-/m0/s1. The Kier molecular flexibility index (Phi) is 8.62. The van der Waals surface area contributed by atoms with Gasteiger partial charge in [0.1, 0.15) is 0 Å². The number of carbonyl (C=O) groups excluding carboxylic acids is 2. The van der Waals surface area contributed by atoms with Gasteiger partial charge in [-0.15, -0.1) is 0 Å². The van der Waals surface area contributed by atoms with Crippen LogP contribution in [0.15, 0.2) is 95.5 Å². The molecule has 3 aromatic carbocycles. The average molecular weight is 542 g/mol. The summed E-state index contributed by atoms with van der Waals surface area (Å²) in [6.07, 6.45) is -0.269. The summed E-state index contributed by atoms with van der Waals surface area (Å²) in [5, 5.41) is 5.97. The Bertz CT molecular complexity index is 1360. The molecule has 0 fully saturated rings. The van der Waals surface area contributed by atoms with Gasteiger partial charge >= 0.3 is 5.97 Å². The van der Waals surface area contributed by atoms with E-state index in [2.05, 4.69) is 50.2 Å². The van der Waals surface area contributed by atoms with E-state index in [-0.39, 0.29) is 35.1 Å². The molecular weight excluding hydrogens is 506 g/mol. The largest absolute Gasteiger partial charge is 0.461 e. The van der Waals surface area contributed by atoms with Crippen LogP contribution in [-0.4, -0.2) is 31.8 Å². The molecule has 4 aromatic rings. The quantitative estimate of drug-likeness (QED) is 0.141. The number of ether oxygens (including phenoxy) is 1. The summed E-state index contributed by atoms with van der Waals surface area (Å²) in [5.41, 5.74) is 0.978. The van der Waals surface area contributed by atoms with Crippen molar-refractivity contribution in [2.75, 3.05) is 6.61 Å². The molecule has 0 spiro atoms. The number of nitrogens with zero attached hydrogens (tertiary/aromatic N) is 1. The third-order valence-corrected chi connectivity index (χ3v) is 11.9.